The van der Waals surface area contributed by atoms with E-state index in [-0.39, 0.29) is 30.0 Å². The molecule has 2 aromatic carbocycles. The number of nitro benzene ring substituents is 1. The highest BCUT2D eigenvalue weighted by atomic mass is 32.2. The highest BCUT2D eigenvalue weighted by Crippen LogP contribution is 2.31. The first-order valence-corrected chi connectivity index (χ1v) is 9.73. The van der Waals surface area contributed by atoms with E-state index in [2.05, 4.69) is 0 Å². The van der Waals surface area contributed by atoms with Gasteiger partial charge in [0.2, 0.25) is 0 Å². The van der Waals surface area contributed by atoms with E-state index in [0.29, 0.717) is 16.4 Å². The monoisotopic (exact) mass is 426 g/mol. The number of ether oxygens (including phenoxy) is 2. The smallest absolute Gasteiger partial charge is 0.293 e. The molecular weight excluding hydrogens is 408 g/mol. The molecule has 1 heterocycles. The summed E-state index contributed by atoms with van der Waals surface area (Å²) in [5, 5.41) is 10.3. The van der Waals surface area contributed by atoms with Crippen LogP contribution in [-0.4, -0.2) is 41.2 Å². The summed E-state index contributed by atoms with van der Waals surface area (Å²) in [5.74, 6) is 0.721. The molecule has 0 spiro atoms. The number of nitro groups is 1. The van der Waals surface area contributed by atoms with E-state index in [9.17, 15) is 19.7 Å². The minimum Gasteiger partial charge on any atom is -0.493 e. The molecule has 8 nitrogen and oxygen atoms in total. The molecule has 1 aliphatic heterocycles. The van der Waals surface area contributed by atoms with Crippen molar-refractivity contribution in [1.29, 1.82) is 0 Å². The Hall–Kier alpha value is -3.59. The molecule has 0 N–H and O–H groups in total. The second-order valence-electron chi connectivity index (χ2n) is 6.06. The molecule has 2 amide bonds. The van der Waals surface area contributed by atoms with Crippen molar-refractivity contribution in [1.82, 2.24) is 4.90 Å². The molecule has 0 atom stereocenters. The quantitative estimate of drug-likeness (QED) is 0.353. The second kappa shape index (κ2) is 9.75. The van der Waals surface area contributed by atoms with Gasteiger partial charge in [-0.25, -0.2) is 0 Å². The summed E-state index contributed by atoms with van der Waals surface area (Å²) in [7, 11) is 1.54. The first kappa shape index (κ1) is 21.1. The van der Waals surface area contributed by atoms with Crippen LogP contribution < -0.4 is 9.47 Å². The minimum absolute atomic E-state index is 0.00334. The topological polar surface area (TPSA) is 99.0 Å². The number of amides is 2. The Morgan fingerprint density at radius 2 is 1.80 bits per heavy atom. The fourth-order valence-corrected chi connectivity index (χ4v) is 3.46. The molecule has 3 rings (SSSR count). The molecule has 9 heteroatoms. The third-order valence-electron chi connectivity index (χ3n) is 4.16. The molecule has 30 heavy (non-hydrogen) atoms. The van der Waals surface area contributed by atoms with Crippen molar-refractivity contribution >= 4 is 34.7 Å². The molecule has 2 aromatic rings. The third-order valence-corrected chi connectivity index (χ3v) is 5.08. The van der Waals surface area contributed by atoms with Crippen LogP contribution in [0.2, 0.25) is 0 Å². The summed E-state index contributed by atoms with van der Waals surface area (Å²) < 4.78 is 10.8. The number of rotatable bonds is 8. The lowest BCUT2D eigenvalue weighted by Gasteiger charge is -2.14. The normalized spacial score (nSPS) is 15.2. The number of non-ortho nitro benzene ring substituents is 1. The largest absolute Gasteiger partial charge is 0.493 e. The standard InChI is InChI=1S/C21H18N2O6S/c1-28-17-6-2-3-7-18(17)29-14-13-22-20(24)19(30-21(22)25)8-4-5-15-9-11-16(12-10-15)23(26)27/h2-12H,13-14H2,1H3/b5-4+,19-8-. The summed E-state index contributed by atoms with van der Waals surface area (Å²) in [6.45, 7) is 0.260. The van der Waals surface area contributed by atoms with Crippen LogP contribution >= 0.6 is 11.8 Å². The highest BCUT2D eigenvalue weighted by Gasteiger charge is 2.34. The number of hydrogen-bond donors (Lipinski definition) is 0. The van der Waals surface area contributed by atoms with Gasteiger partial charge in [-0.1, -0.05) is 24.3 Å². The van der Waals surface area contributed by atoms with Crippen LogP contribution in [0.1, 0.15) is 5.56 Å². The van der Waals surface area contributed by atoms with E-state index in [1.807, 2.05) is 6.07 Å². The fourth-order valence-electron chi connectivity index (χ4n) is 2.65. The maximum absolute atomic E-state index is 12.5. The summed E-state index contributed by atoms with van der Waals surface area (Å²) in [6, 6.07) is 13.1. The van der Waals surface area contributed by atoms with Crippen molar-refractivity contribution in [2.75, 3.05) is 20.3 Å². The lowest BCUT2D eigenvalue weighted by Crippen LogP contribution is -2.32. The maximum atomic E-state index is 12.5. The van der Waals surface area contributed by atoms with Crippen molar-refractivity contribution < 1.29 is 24.0 Å². The van der Waals surface area contributed by atoms with Crippen molar-refractivity contribution in [3.05, 3.63) is 81.3 Å². The molecule has 0 saturated carbocycles. The van der Waals surface area contributed by atoms with Crippen molar-refractivity contribution in [3.63, 3.8) is 0 Å². The maximum Gasteiger partial charge on any atom is 0.293 e. The average molecular weight is 426 g/mol. The third kappa shape index (κ3) is 5.06. The molecule has 1 aliphatic rings. The summed E-state index contributed by atoms with van der Waals surface area (Å²) in [6.07, 6.45) is 4.87. The minimum atomic E-state index is -0.471. The number of nitrogens with zero attached hydrogens (tertiary/aromatic N) is 2. The number of benzene rings is 2. The predicted octanol–water partition coefficient (Wildman–Crippen LogP) is 4.27. The van der Waals surface area contributed by atoms with Crippen LogP contribution in [0, 0.1) is 10.1 Å². The van der Waals surface area contributed by atoms with E-state index >= 15 is 0 Å². The average Bonchev–Trinajstić information content (AvgIpc) is 3.02. The SMILES string of the molecule is COc1ccccc1OCCN1C(=O)S/C(=C\C=C\c2ccc([N+](=O)[O-])cc2)C1=O. The zero-order valence-corrected chi connectivity index (χ0v) is 16.8. The number of hydrogen-bond acceptors (Lipinski definition) is 7. The first-order chi connectivity index (χ1) is 14.5. The van der Waals surface area contributed by atoms with Gasteiger partial charge in [0.15, 0.2) is 11.5 Å². The second-order valence-corrected chi connectivity index (χ2v) is 7.06. The van der Waals surface area contributed by atoms with Crippen molar-refractivity contribution in [3.8, 4) is 11.5 Å². The number of imide groups is 1. The summed E-state index contributed by atoms with van der Waals surface area (Å²) >= 11 is 0.855. The van der Waals surface area contributed by atoms with E-state index in [0.717, 1.165) is 22.2 Å². The van der Waals surface area contributed by atoms with Crippen molar-refractivity contribution in [2.45, 2.75) is 0 Å². The number of thioether (sulfide) groups is 1. The molecule has 0 aromatic heterocycles. The van der Waals surface area contributed by atoms with Gasteiger partial charge in [-0.2, -0.15) is 0 Å². The Morgan fingerprint density at radius 1 is 1.10 bits per heavy atom. The predicted molar refractivity (Wildman–Crippen MR) is 113 cm³/mol. The summed E-state index contributed by atoms with van der Waals surface area (Å²) in [5.41, 5.74) is 0.741. The number of allylic oxidation sites excluding steroid dienone is 2. The van der Waals surface area contributed by atoms with Gasteiger partial charge in [-0.05, 0) is 47.7 Å². The molecule has 1 fully saturated rings. The van der Waals surface area contributed by atoms with Gasteiger partial charge in [0.25, 0.3) is 16.8 Å². The number of methoxy groups -OCH3 is 1. The van der Waals surface area contributed by atoms with Gasteiger partial charge in [0, 0.05) is 12.1 Å². The van der Waals surface area contributed by atoms with Gasteiger partial charge >= 0.3 is 0 Å². The Labute approximate surface area is 176 Å². The Balaban J connectivity index is 1.57. The van der Waals surface area contributed by atoms with E-state index in [1.165, 1.54) is 19.2 Å². The van der Waals surface area contributed by atoms with E-state index in [4.69, 9.17) is 9.47 Å². The molecule has 0 unspecified atom stereocenters. The van der Waals surface area contributed by atoms with Crippen LogP contribution in [0.15, 0.2) is 65.6 Å². The van der Waals surface area contributed by atoms with Gasteiger partial charge in [-0.15, -0.1) is 0 Å². The molecule has 154 valence electrons. The fraction of sp³-hybridized carbons (Fsp3) is 0.143. The highest BCUT2D eigenvalue weighted by molar-refractivity contribution is 8.18. The lowest BCUT2D eigenvalue weighted by atomic mass is 10.2. The zero-order valence-electron chi connectivity index (χ0n) is 16.0. The van der Waals surface area contributed by atoms with Crippen LogP contribution in [0.5, 0.6) is 11.5 Å². The number of carbonyl (C=O) groups excluding carboxylic acids is 2. The van der Waals surface area contributed by atoms with Crippen LogP contribution in [-0.2, 0) is 4.79 Å². The van der Waals surface area contributed by atoms with Gasteiger partial charge < -0.3 is 9.47 Å². The Kier molecular flexibility index (Phi) is 6.87. The first-order valence-electron chi connectivity index (χ1n) is 8.92. The van der Waals surface area contributed by atoms with Crippen LogP contribution in [0.3, 0.4) is 0 Å². The zero-order chi connectivity index (χ0) is 21.5. The van der Waals surface area contributed by atoms with E-state index < -0.39 is 4.92 Å². The Morgan fingerprint density at radius 3 is 2.47 bits per heavy atom. The molecule has 0 radical (unpaired) electrons. The van der Waals surface area contributed by atoms with Crippen LogP contribution in [0.4, 0.5) is 10.5 Å². The Bertz CT molecular complexity index is 1020. The van der Waals surface area contributed by atoms with Gasteiger partial charge in [0.1, 0.15) is 6.61 Å². The summed E-state index contributed by atoms with van der Waals surface area (Å²) in [4.78, 5) is 36.3. The number of carbonyl (C=O) groups is 2. The van der Waals surface area contributed by atoms with Crippen LogP contribution in [0.25, 0.3) is 6.08 Å². The number of para-hydroxylation sites is 2. The molecule has 0 bridgehead atoms. The lowest BCUT2D eigenvalue weighted by molar-refractivity contribution is -0.384. The molecule has 0 aliphatic carbocycles. The van der Waals surface area contributed by atoms with Crippen molar-refractivity contribution in [2.24, 2.45) is 0 Å². The van der Waals surface area contributed by atoms with Gasteiger partial charge in [-0.3, -0.25) is 24.6 Å². The van der Waals surface area contributed by atoms with Gasteiger partial charge in [0.05, 0.1) is 23.5 Å². The molecule has 1 saturated heterocycles. The molecular formula is C21H18N2O6S. The van der Waals surface area contributed by atoms with E-state index in [1.54, 1.807) is 48.6 Å².